The Morgan fingerprint density at radius 2 is 2.14 bits per heavy atom. The Morgan fingerprint density at radius 1 is 1.43 bits per heavy atom. The van der Waals surface area contributed by atoms with E-state index in [4.69, 9.17) is 11.6 Å². The average Bonchev–Trinajstić information content (AvgIpc) is 2.01. The normalized spacial score (nSPS) is 11.7. The third-order valence-corrected chi connectivity index (χ3v) is 2.61. The predicted molar refractivity (Wildman–Crippen MR) is 51.7 cm³/mol. The summed E-state index contributed by atoms with van der Waals surface area (Å²) >= 11 is 6.76. The van der Waals surface area contributed by atoms with Crippen molar-refractivity contribution in [3.05, 3.63) is 29.3 Å². The number of hydrogen-bond acceptors (Lipinski definition) is 1. The molecular formula is C9H7ClF3S. The van der Waals surface area contributed by atoms with Crippen molar-refractivity contribution in [2.24, 2.45) is 0 Å². The maximum absolute atomic E-state index is 11.8. The standard InChI is InChI=1S/C9H7ClF3S/c10-7-2-1-3-8(6-7)14-5-4-9(11,12)13/h1,3,6H,4-5H2. The van der Waals surface area contributed by atoms with Crippen LogP contribution in [0.3, 0.4) is 0 Å². The molecule has 0 aliphatic carbocycles. The van der Waals surface area contributed by atoms with Gasteiger partial charge >= 0.3 is 6.18 Å². The molecule has 77 valence electrons. The van der Waals surface area contributed by atoms with Crippen molar-refractivity contribution in [1.29, 1.82) is 0 Å². The van der Waals surface area contributed by atoms with Gasteiger partial charge in [0.05, 0.1) is 6.42 Å². The van der Waals surface area contributed by atoms with E-state index in [2.05, 4.69) is 6.07 Å². The molecule has 0 aliphatic rings. The first kappa shape index (κ1) is 11.7. The summed E-state index contributed by atoms with van der Waals surface area (Å²) in [5, 5.41) is 0.419. The first-order chi connectivity index (χ1) is 6.47. The Bertz CT molecular complexity index is 298. The number of halogens is 4. The molecule has 0 saturated carbocycles. The smallest absolute Gasteiger partial charge is 0.171 e. The summed E-state index contributed by atoms with van der Waals surface area (Å²) in [6.07, 6.45) is -4.87. The van der Waals surface area contributed by atoms with Gasteiger partial charge in [-0.25, -0.2) is 0 Å². The van der Waals surface area contributed by atoms with E-state index in [0.717, 1.165) is 16.7 Å². The summed E-state index contributed by atoms with van der Waals surface area (Å²) in [5.41, 5.74) is 0. The van der Waals surface area contributed by atoms with Crippen molar-refractivity contribution in [2.45, 2.75) is 17.5 Å². The van der Waals surface area contributed by atoms with Crippen LogP contribution in [0.1, 0.15) is 6.42 Å². The third kappa shape index (κ3) is 4.77. The van der Waals surface area contributed by atoms with Crippen molar-refractivity contribution < 1.29 is 13.2 Å². The van der Waals surface area contributed by atoms with E-state index in [1.165, 1.54) is 0 Å². The number of thioether (sulfide) groups is 1. The molecule has 1 aromatic carbocycles. The Morgan fingerprint density at radius 3 is 2.71 bits per heavy atom. The minimum absolute atomic E-state index is 0.0177. The van der Waals surface area contributed by atoms with Crippen molar-refractivity contribution in [2.75, 3.05) is 5.75 Å². The van der Waals surface area contributed by atoms with Crippen LogP contribution in [0.25, 0.3) is 0 Å². The van der Waals surface area contributed by atoms with Gasteiger partial charge in [0.15, 0.2) is 0 Å². The zero-order valence-electron chi connectivity index (χ0n) is 7.07. The molecule has 0 saturated heterocycles. The Hall–Kier alpha value is -0.350. The van der Waals surface area contributed by atoms with Gasteiger partial charge in [0.1, 0.15) is 0 Å². The molecule has 1 radical (unpaired) electrons. The van der Waals surface area contributed by atoms with Crippen LogP contribution in [0.5, 0.6) is 0 Å². The number of benzene rings is 1. The topological polar surface area (TPSA) is 0 Å². The van der Waals surface area contributed by atoms with Gasteiger partial charge < -0.3 is 0 Å². The van der Waals surface area contributed by atoms with E-state index >= 15 is 0 Å². The summed E-state index contributed by atoms with van der Waals surface area (Å²) in [7, 11) is 0. The molecule has 1 rings (SSSR count). The summed E-state index contributed by atoms with van der Waals surface area (Å²) < 4.78 is 35.4. The molecule has 0 aliphatic heterocycles. The first-order valence-electron chi connectivity index (χ1n) is 3.84. The second-order valence-electron chi connectivity index (χ2n) is 2.59. The summed E-state index contributed by atoms with van der Waals surface area (Å²) in [6.45, 7) is 0. The van der Waals surface area contributed by atoms with E-state index in [-0.39, 0.29) is 5.75 Å². The molecule has 5 heteroatoms. The molecule has 14 heavy (non-hydrogen) atoms. The molecule has 0 amide bonds. The first-order valence-corrected chi connectivity index (χ1v) is 5.20. The summed E-state index contributed by atoms with van der Waals surface area (Å²) in [5.74, 6) is 0.0177. The molecule has 0 N–H and O–H groups in total. The molecule has 0 unspecified atom stereocenters. The molecule has 0 heterocycles. The van der Waals surface area contributed by atoms with Crippen LogP contribution in [0, 0.1) is 6.07 Å². The molecule has 0 fully saturated rings. The van der Waals surface area contributed by atoms with E-state index < -0.39 is 12.6 Å². The predicted octanol–water partition coefficient (Wildman–Crippen LogP) is 4.18. The molecule has 0 atom stereocenters. The quantitative estimate of drug-likeness (QED) is 0.713. The summed E-state index contributed by atoms with van der Waals surface area (Å²) in [4.78, 5) is 0.734. The fourth-order valence-electron chi connectivity index (χ4n) is 0.792. The van der Waals surface area contributed by atoms with Crippen molar-refractivity contribution >= 4 is 23.4 Å². The van der Waals surface area contributed by atoms with Gasteiger partial charge in [-0.05, 0) is 12.1 Å². The molecule has 0 aromatic heterocycles. The van der Waals surface area contributed by atoms with Crippen LogP contribution in [-0.4, -0.2) is 11.9 Å². The van der Waals surface area contributed by atoms with E-state index in [0.29, 0.717) is 5.02 Å². The van der Waals surface area contributed by atoms with Crippen LogP contribution in [-0.2, 0) is 0 Å². The van der Waals surface area contributed by atoms with Crippen LogP contribution >= 0.6 is 23.4 Å². The maximum Gasteiger partial charge on any atom is 0.389 e. The molecule has 1 aromatic rings. The van der Waals surface area contributed by atoms with E-state index in [9.17, 15) is 13.2 Å². The second-order valence-corrected chi connectivity index (χ2v) is 4.16. The highest BCUT2D eigenvalue weighted by Gasteiger charge is 2.26. The van der Waals surface area contributed by atoms with Gasteiger partial charge in [-0.3, -0.25) is 0 Å². The van der Waals surface area contributed by atoms with Gasteiger partial charge in [-0.15, -0.1) is 11.8 Å². The van der Waals surface area contributed by atoms with Gasteiger partial charge in [0.25, 0.3) is 0 Å². The zero-order valence-corrected chi connectivity index (χ0v) is 8.64. The molecule has 0 nitrogen and oxygen atoms in total. The Labute approximate surface area is 89.4 Å². The van der Waals surface area contributed by atoms with Gasteiger partial charge in [0, 0.05) is 21.7 Å². The third-order valence-electron chi connectivity index (χ3n) is 1.39. The highest BCUT2D eigenvalue weighted by Crippen LogP contribution is 2.27. The molecule has 0 spiro atoms. The van der Waals surface area contributed by atoms with E-state index in [1.54, 1.807) is 18.2 Å². The van der Waals surface area contributed by atoms with Crippen LogP contribution in [0.4, 0.5) is 13.2 Å². The lowest BCUT2D eigenvalue weighted by atomic mass is 10.4. The van der Waals surface area contributed by atoms with E-state index in [1.807, 2.05) is 0 Å². The fraction of sp³-hybridized carbons (Fsp3) is 0.333. The van der Waals surface area contributed by atoms with Crippen LogP contribution < -0.4 is 0 Å². The van der Waals surface area contributed by atoms with Gasteiger partial charge in [0.2, 0.25) is 0 Å². The SMILES string of the molecule is FC(F)(F)CCSc1cc[c]c(Cl)c1. The number of alkyl halides is 3. The average molecular weight is 240 g/mol. The number of hydrogen-bond donors (Lipinski definition) is 0. The van der Waals surface area contributed by atoms with Crippen LogP contribution in [0.2, 0.25) is 5.02 Å². The number of rotatable bonds is 3. The fourth-order valence-corrected chi connectivity index (χ4v) is 1.97. The maximum atomic E-state index is 11.8. The van der Waals surface area contributed by atoms with Crippen molar-refractivity contribution in [1.82, 2.24) is 0 Å². The molecule has 0 bridgehead atoms. The van der Waals surface area contributed by atoms with Gasteiger partial charge in [-0.1, -0.05) is 17.7 Å². The lowest BCUT2D eigenvalue weighted by Gasteiger charge is -2.05. The second kappa shape index (κ2) is 4.94. The lowest BCUT2D eigenvalue weighted by molar-refractivity contribution is -0.129. The van der Waals surface area contributed by atoms with Crippen LogP contribution in [0.15, 0.2) is 23.1 Å². The van der Waals surface area contributed by atoms with Gasteiger partial charge in [-0.2, -0.15) is 13.2 Å². The summed E-state index contributed by atoms with van der Waals surface area (Å²) in [6, 6.07) is 7.59. The Kier molecular flexibility index (Phi) is 4.13. The Balaban J connectivity index is 2.39. The van der Waals surface area contributed by atoms with Crippen molar-refractivity contribution in [3.63, 3.8) is 0 Å². The molecular weight excluding hydrogens is 233 g/mol. The monoisotopic (exact) mass is 239 g/mol. The lowest BCUT2D eigenvalue weighted by Crippen LogP contribution is -2.07. The zero-order chi connectivity index (χ0) is 10.6. The highest BCUT2D eigenvalue weighted by atomic mass is 35.5. The van der Waals surface area contributed by atoms with Crippen molar-refractivity contribution in [3.8, 4) is 0 Å². The minimum Gasteiger partial charge on any atom is -0.171 e. The minimum atomic E-state index is -4.09. The largest absolute Gasteiger partial charge is 0.389 e. The highest BCUT2D eigenvalue weighted by molar-refractivity contribution is 7.99.